The zero-order chi connectivity index (χ0) is 12.7. The van der Waals surface area contributed by atoms with Crippen molar-refractivity contribution in [1.29, 1.82) is 0 Å². The van der Waals surface area contributed by atoms with Crippen LogP contribution >= 0.6 is 0 Å². The quantitative estimate of drug-likeness (QED) is 0.447. The minimum Gasteiger partial charge on any atom is -0.550 e. The first-order valence-electron chi connectivity index (χ1n) is 5.57. The van der Waals surface area contributed by atoms with E-state index in [-0.39, 0.29) is 48.5 Å². The van der Waals surface area contributed by atoms with Crippen molar-refractivity contribution in [2.45, 2.75) is 32.3 Å². The molecule has 1 aromatic carbocycles. The summed E-state index contributed by atoms with van der Waals surface area (Å²) in [6.45, 7) is 1.91. The summed E-state index contributed by atoms with van der Waals surface area (Å²) in [7, 11) is 0. The Morgan fingerprint density at radius 1 is 1.22 bits per heavy atom. The molecule has 0 aromatic heterocycles. The molecule has 92 valence electrons. The summed E-state index contributed by atoms with van der Waals surface area (Å²) in [5, 5.41) is 10.2. The number of hydrogen-bond acceptors (Lipinski definition) is 4. The molecule has 5 heteroatoms. The van der Waals surface area contributed by atoms with E-state index in [1.807, 2.05) is 37.3 Å². The number of hydrogen-bond donors (Lipinski definition) is 0. The molecule has 0 radical (unpaired) electrons. The maximum absolute atomic E-state index is 11.4. The Kier molecular flexibility index (Phi) is 8.71. The summed E-state index contributed by atoms with van der Waals surface area (Å²) in [4.78, 5) is 21.6. The van der Waals surface area contributed by atoms with E-state index in [1.165, 1.54) is 0 Å². The molecule has 18 heavy (non-hydrogen) atoms. The van der Waals surface area contributed by atoms with Crippen molar-refractivity contribution in [3.8, 4) is 0 Å². The molecule has 0 heterocycles. The fourth-order valence-corrected chi connectivity index (χ4v) is 1.48. The zero-order valence-electron chi connectivity index (χ0n) is 10.7. The summed E-state index contributed by atoms with van der Waals surface area (Å²) in [5.41, 5.74) is 0.914. The van der Waals surface area contributed by atoms with Crippen LogP contribution in [0.15, 0.2) is 30.3 Å². The summed E-state index contributed by atoms with van der Waals surface area (Å²) in [5.74, 6) is -1.75. The Balaban J connectivity index is 0.00000289. The second-order valence-electron chi connectivity index (χ2n) is 3.67. The number of carbonyl (C=O) groups is 2. The molecule has 0 aliphatic heterocycles. The summed E-state index contributed by atoms with van der Waals surface area (Å²) in [6, 6.07) is 9.37. The van der Waals surface area contributed by atoms with Gasteiger partial charge in [-0.25, -0.2) is 0 Å². The maximum atomic E-state index is 11.4. The second kappa shape index (κ2) is 9.14. The van der Waals surface area contributed by atoms with E-state index in [2.05, 4.69) is 0 Å². The first-order chi connectivity index (χ1) is 8.13. The molecule has 0 bridgehead atoms. The van der Waals surface area contributed by atoms with Gasteiger partial charge in [-0.1, -0.05) is 37.3 Å². The molecule has 1 unspecified atom stereocenters. The molecule has 4 nitrogen and oxygen atoms in total. The predicted octanol–water partition coefficient (Wildman–Crippen LogP) is -1.78. The van der Waals surface area contributed by atoms with Gasteiger partial charge in [0.1, 0.15) is 6.10 Å². The van der Waals surface area contributed by atoms with Gasteiger partial charge in [0.05, 0.1) is 6.42 Å². The topological polar surface area (TPSA) is 66.4 Å². The molecule has 1 atom stereocenters. The van der Waals surface area contributed by atoms with Gasteiger partial charge in [-0.05, 0) is 18.4 Å². The van der Waals surface area contributed by atoms with Gasteiger partial charge in [0, 0.05) is 5.97 Å². The smallest absolute Gasteiger partial charge is 0.550 e. The van der Waals surface area contributed by atoms with Crippen LogP contribution in [0.4, 0.5) is 0 Å². The molecular formula is C13H15NaO4. The molecule has 0 saturated heterocycles. The van der Waals surface area contributed by atoms with Crippen LogP contribution < -0.4 is 34.7 Å². The third-order valence-electron chi connectivity index (χ3n) is 2.35. The van der Waals surface area contributed by atoms with Crippen molar-refractivity contribution in [3.05, 3.63) is 35.9 Å². The number of benzene rings is 1. The molecular weight excluding hydrogens is 243 g/mol. The van der Waals surface area contributed by atoms with E-state index < -0.39 is 11.9 Å². The van der Waals surface area contributed by atoms with E-state index in [4.69, 9.17) is 4.74 Å². The molecule has 1 aromatic rings. The SMILES string of the molecule is CCC(OC(=O)CCC(=O)[O-])c1ccccc1.[Na+]. The molecule has 0 amide bonds. The first kappa shape index (κ1) is 17.2. The Labute approximate surface area is 129 Å². The van der Waals surface area contributed by atoms with Gasteiger partial charge in [0.2, 0.25) is 0 Å². The Morgan fingerprint density at radius 3 is 2.33 bits per heavy atom. The number of ether oxygens (including phenoxy) is 1. The molecule has 0 N–H and O–H groups in total. The normalized spacial score (nSPS) is 11.2. The van der Waals surface area contributed by atoms with Crippen molar-refractivity contribution in [2.24, 2.45) is 0 Å². The van der Waals surface area contributed by atoms with Gasteiger partial charge < -0.3 is 14.6 Å². The van der Waals surface area contributed by atoms with Gasteiger partial charge in [0.25, 0.3) is 0 Å². The minimum absolute atomic E-state index is 0. The Bertz CT molecular complexity index is 378. The predicted molar refractivity (Wildman–Crippen MR) is 59.8 cm³/mol. The second-order valence-corrected chi connectivity index (χ2v) is 3.67. The van der Waals surface area contributed by atoms with Crippen molar-refractivity contribution in [1.82, 2.24) is 0 Å². The van der Waals surface area contributed by atoms with Crippen LogP contribution in [0.5, 0.6) is 0 Å². The zero-order valence-corrected chi connectivity index (χ0v) is 12.7. The van der Waals surface area contributed by atoms with Crippen LogP contribution in [-0.4, -0.2) is 11.9 Å². The summed E-state index contributed by atoms with van der Waals surface area (Å²) >= 11 is 0. The number of aliphatic carboxylic acids is 1. The third kappa shape index (κ3) is 6.19. The van der Waals surface area contributed by atoms with Crippen molar-refractivity contribution in [2.75, 3.05) is 0 Å². The number of carboxylic acid groups (broad SMARTS) is 1. The number of rotatable bonds is 6. The van der Waals surface area contributed by atoms with Crippen molar-refractivity contribution < 1.29 is 49.0 Å². The van der Waals surface area contributed by atoms with Gasteiger partial charge in [-0.15, -0.1) is 0 Å². The van der Waals surface area contributed by atoms with Crippen LogP contribution in [0.25, 0.3) is 0 Å². The fourth-order valence-electron chi connectivity index (χ4n) is 1.48. The summed E-state index contributed by atoms with van der Waals surface area (Å²) < 4.78 is 5.21. The third-order valence-corrected chi connectivity index (χ3v) is 2.35. The molecule has 1 rings (SSSR count). The number of esters is 1. The Hall–Kier alpha value is -0.840. The van der Waals surface area contributed by atoms with Crippen LogP contribution in [-0.2, 0) is 14.3 Å². The molecule has 0 fully saturated rings. The largest absolute Gasteiger partial charge is 1.00 e. The van der Waals surface area contributed by atoms with Crippen LogP contribution in [0, 0.1) is 0 Å². The Morgan fingerprint density at radius 2 is 1.83 bits per heavy atom. The van der Waals surface area contributed by atoms with Gasteiger partial charge in [0.15, 0.2) is 0 Å². The fraction of sp³-hybridized carbons (Fsp3) is 0.385. The van der Waals surface area contributed by atoms with E-state index in [1.54, 1.807) is 0 Å². The number of carbonyl (C=O) groups excluding carboxylic acids is 2. The van der Waals surface area contributed by atoms with E-state index in [0.29, 0.717) is 6.42 Å². The maximum Gasteiger partial charge on any atom is 1.00 e. The average molecular weight is 258 g/mol. The standard InChI is InChI=1S/C13H16O4.Na/c1-2-11(10-6-4-3-5-7-10)17-13(16)9-8-12(14)15;/h3-7,11H,2,8-9H2,1H3,(H,14,15);/q;+1/p-1. The van der Waals surface area contributed by atoms with E-state index >= 15 is 0 Å². The summed E-state index contributed by atoms with van der Waals surface area (Å²) in [6.07, 6.45) is -0.109. The van der Waals surface area contributed by atoms with E-state index in [0.717, 1.165) is 5.56 Å². The first-order valence-corrected chi connectivity index (χ1v) is 5.57. The molecule has 0 aliphatic carbocycles. The molecule has 0 spiro atoms. The van der Waals surface area contributed by atoms with Crippen molar-refractivity contribution in [3.63, 3.8) is 0 Å². The van der Waals surface area contributed by atoms with Crippen molar-refractivity contribution >= 4 is 11.9 Å². The van der Waals surface area contributed by atoms with Crippen LogP contribution in [0.1, 0.15) is 37.9 Å². The number of carboxylic acids is 1. The van der Waals surface area contributed by atoms with Gasteiger partial charge in [-0.2, -0.15) is 0 Å². The molecule has 0 saturated carbocycles. The average Bonchev–Trinajstić information content (AvgIpc) is 2.34. The molecule has 0 aliphatic rings. The van der Waals surface area contributed by atoms with Crippen LogP contribution in [0.3, 0.4) is 0 Å². The monoisotopic (exact) mass is 258 g/mol. The van der Waals surface area contributed by atoms with Gasteiger partial charge >= 0.3 is 35.5 Å². The van der Waals surface area contributed by atoms with Gasteiger partial charge in [-0.3, -0.25) is 4.79 Å². The van der Waals surface area contributed by atoms with Crippen LogP contribution in [0.2, 0.25) is 0 Å². The van der Waals surface area contributed by atoms with E-state index in [9.17, 15) is 14.7 Å². The minimum atomic E-state index is -1.24.